The summed E-state index contributed by atoms with van der Waals surface area (Å²) in [4.78, 5) is 11.8. The number of allylic oxidation sites excluding steroid dienone is 2. The zero-order chi connectivity index (χ0) is 23.3. The number of benzene rings is 1. The van der Waals surface area contributed by atoms with Gasteiger partial charge in [0.25, 0.3) is 0 Å². The molecule has 4 heteroatoms. The van der Waals surface area contributed by atoms with Gasteiger partial charge in [-0.15, -0.1) is 0 Å². The molecule has 0 fully saturated rings. The first kappa shape index (κ1) is 27.8. The quantitative estimate of drug-likeness (QED) is 0.102. The fourth-order valence-corrected chi connectivity index (χ4v) is 3.53. The third-order valence-corrected chi connectivity index (χ3v) is 5.52. The number of esters is 1. The first-order valence-corrected chi connectivity index (χ1v) is 12.5. The molecule has 32 heavy (non-hydrogen) atoms. The molecule has 0 aliphatic carbocycles. The zero-order valence-corrected chi connectivity index (χ0v) is 20.3. The lowest BCUT2D eigenvalue weighted by Crippen LogP contribution is -2.02. The van der Waals surface area contributed by atoms with E-state index in [-0.39, 0.29) is 11.7 Å². The number of unbranched alkanes of at least 4 members (excludes halogenated alkanes) is 12. The van der Waals surface area contributed by atoms with Crippen LogP contribution >= 0.6 is 0 Å². The number of ether oxygens (including phenoxy) is 2. The SMILES string of the molecule is CCCCCCCCC=CCCCCCCCCOC(=O)C=Cc1ccc(O)c(OC)c1. The highest BCUT2D eigenvalue weighted by Crippen LogP contribution is 2.26. The number of hydrogen-bond acceptors (Lipinski definition) is 4. The smallest absolute Gasteiger partial charge is 0.330 e. The maximum atomic E-state index is 11.8. The van der Waals surface area contributed by atoms with Crippen LogP contribution in [-0.4, -0.2) is 24.8 Å². The second-order valence-corrected chi connectivity index (χ2v) is 8.37. The predicted octanol–water partition coefficient (Wildman–Crippen LogP) is 7.99. The number of hydrogen-bond donors (Lipinski definition) is 1. The molecule has 1 rings (SSSR count). The molecule has 1 N–H and O–H groups in total. The van der Waals surface area contributed by atoms with Crippen molar-refractivity contribution in [3.8, 4) is 11.5 Å². The van der Waals surface area contributed by atoms with E-state index in [1.54, 1.807) is 18.2 Å². The molecule has 0 saturated heterocycles. The van der Waals surface area contributed by atoms with Gasteiger partial charge in [-0.1, -0.05) is 82.9 Å². The van der Waals surface area contributed by atoms with Crippen molar-refractivity contribution in [3.63, 3.8) is 0 Å². The summed E-state index contributed by atoms with van der Waals surface area (Å²) in [5, 5.41) is 9.58. The van der Waals surface area contributed by atoms with Gasteiger partial charge in [-0.2, -0.15) is 0 Å². The molecule has 1 aromatic carbocycles. The molecule has 0 saturated carbocycles. The Balaban J connectivity index is 1.93. The minimum atomic E-state index is -0.343. The third kappa shape index (κ3) is 14.7. The Bertz CT molecular complexity index is 663. The highest BCUT2D eigenvalue weighted by Gasteiger charge is 2.02. The molecule has 0 radical (unpaired) electrons. The minimum Gasteiger partial charge on any atom is -0.504 e. The van der Waals surface area contributed by atoms with Crippen LogP contribution < -0.4 is 4.74 Å². The zero-order valence-electron chi connectivity index (χ0n) is 20.3. The molecule has 0 bridgehead atoms. The summed E-state index contributed by atoms with van der Waals surface area (Å²) in [6.07, 6.45) is 25.5. The van der Waals surface area contributed by atoms with Crippen LogP contribution in [0.1, 0.15) is 102 Å². The Morgan fingerprint density at radius 3 is 2.09 bits per heavy atom. The van der Waals surface area contributed by atoms with E-state index in [0.29, 0.717) is 12.4 Å². The van der Waals surface area contributed by atoms with E-state index < -0.39 is 0 Å². The molecular formula is C28H44O4. The Hall–Kier alpha value is -2.23. The van der Waals surface area contributed by atoms with Crippen LogP contribution in [0.4, 0.5) is 0 Å². The minimum absolute atomic E-state index is 0.0761. The van der Waals surface area contributed by atoms with Gasteiger partial charge in [0.2, 0.25) is 0 Å². The highest BCUT2D eigenvalue weighted by atomic mass is 16.5. The van der Waals surface area contributed by atoms with E-state index in [1.807, 2.05) is 0 Å². The predicted molar refractivity (Wildman–Crippen MR) is 134 cm³/mol. The second-order valence-electron chi connectivity index (χ2n) is 8.37. The molecule has 0 unspecified atom stereocenters. The van der Waals surface area contributed by atoms with Crippen LogP contribution in [0.2, 0.25) is 0 Å². The van der Waals surface area contributed by atoms with Crippen LogP contribution in [-0.2, 0) is 9.53 Å². The lowest BCUT2D eigenvalue weighted by Gasteiger charge is -2.04. The Morgan fingerprint density at radius 2 is 1.47 bits per heavy atom. The lowest BCUT2D eigenvalue weighted by molar-refractivity contribution is -0.137. The van der Waals surface area contributed by atoms with E-state index in [4.69, 9.17) is 9.47 Å². The van der Waals surface area contributed by atoms with Gasteiger partial charge in [-0.05, 0) is 55.9 Å². The van der Waals surface area contributed by atoms with Crippen molar-refractivity contribution >= 4 is 12.0 Å². The molecule has 0 spiro atoms. The van der Waals surface area contributed by atoms with Crippen LogP contribution in [0, 0.1) is 0 Å². The maximum absolute atomic E-state index is 11.8. The Morgan fingerprint density at radius 1 is 0.875 bits per heavy atom. The van der Waals surface area contributed by atoms with Crippen molar-refractivity contribution in [2.75, 3.05) is 13.7 Å². The third-order valence-electron chi connectivity index (χ3n) is 5.52. The molecule has 0 heterocycles. The average molecular weight is 445 g/mol. The summed E-state index contributed by atoms with van der Waals surface area (Å²) in [5.74, 6) is 0.113. The average Bonchev–Trinajstić information content (AvgIpc) is 2.80. The van der Waals surface area contributed by atoms with Gasteiger partial charge in [-0.3, -0.25) is 0 Å². The summed E-state index contributed by atoms with van der Waals surface area (Å²) in [6.45, 7) is 2.73. The number of carbonyl (C=O) groups excluding carboxylic acids is 1. The number of aromatic hydroxyl groups is 1. The molecule has 0 atom stereocenters. The van der Waals surface area contributed by atoms with Crippen LogP contribution in [0.3, 0.4) is 0 Å². The van der Waals surface area contributed by atoms with Gasteiger partial charge in [0.15, 0.2) is 11.5 Å². The molecule has 1 aromatic rings. The highest BCUT2D eigenvalue weighted by molar-refractivity contribution is 5.87. The molecule has 0 amide bonds. The molecule has 0 aliphatic heterocycles. The Kier molecular flexibility index (Phi) is 16.9. The fourth-order valence-electron chi connectivity index (χ4n) is 3.53. The summed E-state index contributed by atoms with van der Waals surface area (Å²) in [7, 11) is 1.49. The van der Waals surface area contributed by atoms with Crippen molar-refractivity contribution in [3.05, 3.63) is 42.0 Å². The van der Waals surface area contributed by atoms with Gasteiger partial charge in [0, 0.05) is 6.08 Å². The monoisotopic (exact) mass is 444 g/mol. The van der Waals surface area contributed by atoms with E-state index in [1.165, 1.54) is 96.3 Å². The van der Waals surface area contributed by atoms with E-state index in [9.17, 15) is 9.90 Å². The van der Waals surface area contributed by atoms with Crippen LogP contribution in [0.15, 0.2) is 36.4 Å². The number of phenolic OH excluding ortho intramolecular Hbond substituents is 1. The van der Waals surface area contributed by atoms with Gasteiger partial charge in [-0.25, -0.2) is 4.79 Å². The summed E-state index contributed by atoms with van der Waals surface area (Å²) < 4.78 is 10.3. The normalized spacial score (nSPS) is 11.4. The fraction of sp³-hybridized carbons (Fsp3) is 0.607. The van der Waals surface area contributed by atoms with Gasteiger partial charge in [0.1, 0.15) is 0 Å². The molecule has 180 valence electrons. The Labute approximate surface area is 195 Å². The van der Waals surface area contributed by atoms with Gasteiger partial charge >= 0.3 is 5.97 Å². The molecule has 4 nitrogen and oxygen atoms in total. The second kappa shape index (κ2) is 19.5. The first-order chi connectivity index (χ1) is 15.7. The van der Waals surface area contributed by atoms with Crippen LogP contribution in [0.5, 0.6) is 11.5 Å². The summed E-state index contributed by atoms with van der Waals surface area (Å²) in [5.41, 5.74) is 0.772. The first-order valence-electron chi connectivity index (χ1n) is 12.5. The van der Waals surface area contributed by atoms with Gasteiger partial charge in [0.05, 0.1) is 13.7 Å². The number of carbonyl (C=O) groups is 1. The van der Waals surface area contributed by atoms with Crippen molar-refractivity contribution in [2.45, 2.75) is 96.8 Å². The number of rotatable bonds is 19. The van der Waals surface area contributed by atoms with E-state index in [0.717, 1.165) is 18.4 Å². The van der Waals surface area contributed by atoms with E-state index >= 15 is 0 Å². The van der Waals surface area contributed by atoms with Crippen LogP contribution in [0.25, 0.3) is 6.08 Å². The lowest BCUT2D eigenvalue weighted by atomic mass is 10.1. The van der Waals surface area contributed by atoms with Crippen molar-refractivity contribution in [1.29, 1.82) is 0 Å². The largest absolute Gasteiger partial charge is 0.504 e. The molecule has 0 aliphatic rings. The standard InChI is InChI=1S/C28H44O4/c1-3-4-5-6-7-8-9-10-11-12-13-14-15-16-17-18-23-32-28(30)22-20-25-19-21-26(29)27(24-25)31-2/h10-11,19-22,24,29H,3-9,12-18,23H2,1-2H3. The van der Waals surface area contributed by atoms with E-state index in [2.05, 4.69) is 19.1 Å². The number of methoxy groups -OCH3 is 1. The number of phenols is 1. The van der Waals surface area contributed by atoms with Crippen molar-refractivity contribution < 1.29 is 19.4 Å². The van der Waals surface area contributed by atoms with Crippen molar-refractivity contribution in [1.82, 2.24) is 0 Å². The molecular weight excluding hydrogens is 400 g/mol. The maximum Gasteiger partial charge on any atom is 0.330 e. The summed E-state index contributed by atoms with van der Waals surface area (Å²) >= 11 is 0. The molecule has 0 aromatic heterocycles. The van der Waals surface area contributed by atoms with Crippen molar-refractivity contribution in [2.24, 2.45) is 0 Å². The summed E-state index contributed by atoms with van der Waals surface area (Å²) in [6, 6.07) is 4.92. The topological polar surface area (TPSA) is 55.8 Å². The van der Waals surface area contributed by atoms with Gasteiger partial charge < -0.3 is 14.6 Å².